The Morgan fingerprint density at radius 2 is 2.07 bits per heavy atom. The number of hydrogen-bond acceptors (Lipinski definition) is 6. The van der Waals surface area contributed by atoms with Crippen molar-refractivity contribution in [2.45, 2.75) is 6.61 Å². The van der Waals surface area contributed by atoms with Gasteiger partial charge in [-0.25, -0.2) is 9.49 Å². The summed E-state index contributed by atoms with van der Waals surface area (Å²) in [5.74, 6) is 1.36. The highest BCUT2D eigenvalue weighted by Gasteiger charge is 2.10. The highest BCUT2D eigenvalue weighted by molar-refractivity contribution is 7.71. The molecule has 0 bridgehead atoms. The maximum Gasteiger partial charge on any atom is 0.216 e. The van der Waals surface area contributed by atoms with E-state index in [0.717, 1.165) is 10.4 Å². The molecular formula is C21H17FN4O2S2. The molecular weight excluding hydrogens is 423 g/mol. The lowest BCUT2D eigenvalue weighted by atomic mass is 10.2. The topological polar surface area (TPSA) is 64.4 Å². The van der Waals surface area contributed by atoms with E-state index in [1.165, 1.54) is 6.07 Å². The van der Waals surface area contributed by atoms with Crippen molar-refractivity contribution in [3.8, 4) is 22.2 Å². The Hall–Kier alpha value is -3.30. The molecule has 0 saturated heterocycles. The Morgan fingerprint density at radius 1 is 1.20 bits per heavy atom. The quantitative estimate of drug-likeness (QED) is 0.314. The lowest BCUT2D eigenvalue weighted by Gasteiger charge is -2.11. The maximum absolute atomic E-state index is 13.8. The predicted octanol–water partition coefficient (Wildman–Crippen LogP) is 5.28. The second kappa shape index (κ2) is 9.02. The molecule has 0 fully saturated rings. The second-order valence-electron chi connectivity index (χ2n) is 6.18. The first-order valence-corrected chi connectivity index (χ1v) is 10.2. The largest absolute Gasteiger partial charge is 0.493 e. The number of thiophene rings is 1. The van der Waals surface area contributed by atoms with Gasteiger partial charge in [-0.3, -0.25) is 0 Å². The third kappa shape index (κ3) is 4.32. The summed E-state index contributed by atoms with van der Waals surface area (Å²) in [6.07, 6.45) is 1.66. The number of hydrogen-bond donors (Lipinski definition) is 1. The molecule has 0 spiro atoms. The van der Waals surface area contributed by atoms with Crippen LogP contribution in [0, 0.1) is 10.6 Å². The molecule has 9 heteroatoms. The van der Waals surface area contributed by atoms with Crippen LogP contribution in [0.1, 0.15) is 11.1 Å². The second-order valence-corrected chi connectivity index (χ2v) is 7.51. The van der Waals surface area contributed by atoms with E-state index in [1.54, 1.807) is 59.7 Å². The molecule has 0 amide bonds. The van der Waals surface area contributed by atoms with E-state index in [9.17, 15) is 4.39 Å². The summed E-state index contributed by atoms with van der Waals surface area (Å²) in [7, 11) is 1.55. The zero-order chi connectivity index (χ0) is 20.9. The summed E-state index contributed by atoms with van der Waals surface area (Å²) < 4.78 is 26.9. The van der Waals surface area contributed by atoms with Gasteiger partial charge in [0.2, 0.25) is 4.77 Å². The van der Waals surface area contributed by atoms with Gasteiger partial charge < -0.3 is 9.47 Å². The fourth-order valence-corrected chi connectivity index (χ4v) is 3.62. The molecule has 0 aliphatic rings. The van der Waals surface area contributed by atoms with Crippen LogP contribution in [0.3, 0.4) is 0 Å². The zero-order valence-corrected chi connectivity index (χ0v) is 17.5. The fourth-order valence-electron chi connectivity index (χ4n) is 2.74. The molecule has 4 rings (SSSR count). The summed E-state index contributed by atoms with van der Waals surface area (Å²) in [6.45, 7) is 0.102. The van der Waals surface area contributed by atoms with Gasteiger partial charge in [0.05, 0.1) is 18.2 Å². The first-order chi connectivity index (χ1) is 14.7. The van der Waals surface area contributed by atoms with Crippen LogP contribution >= 0.6 is 23.6 Å². The van der Waals surface area contributed by atoms with E-state index >= 15 is 0 Å². The van der Waals surface area contributed by atoms with Crippen LogP contribution < -0.4 is 9.47 Å². The fraction of sp³-hybridized carbons (Fsp3) is 0.0952. The molecule has 6 nitrogen and oxygen atoms in total. The number of methoxy groups -OCH3 is 1. The summed E-state index contributed by atoms with van der Waals surface area (Å²) in [5, 5.41) is 13.4. The lowest BCUT2D eigenvalue weighted by molar-refractivity contribution is 0.279. The third-order valence-corrected chi connectivity index (χ3v) is 5.37. The van der Waals surface area contributed by atoms with Crippen LogP contribution in [0.5, 0.6) is 11.5 Å². The number of nitrogens with one attached hydrogen (secondary N) is 1. The van der Waals surface area contributed by atoms with Gasteiger partial charge in [-0.05, 0) is 53.5 Å². The van der Waals surface area contributed by atoms with Gasteiger partial charge in [-0.1, -0.05) is 24.3 Å². The van der Waals surface area contributed by atoms with Crippen LogP contribution in [-0.4, -0.2) is 28.2 Å². The average Bonchev–Trinajstić information content (AvgIpc) is 3.41. The lowest BCUT2D eigenvalue weighted by Crippen LogP contribution is -2.00. The van der Waals surface area contributed by atoms with E-state index in [0.29, 0.717) is 27.7 Å². The molecule has 30 heavy (non-hydrogen) atoms. The number of aromatic amines is 1. The van der Waals surface area contributed by atoms with Crippen molar-refractivity contribution >= 4 is 29.8 Å². The van der Waals surface area contributed by atoms with Crippen LogP contribution in [-0.2, 0) is 6.61 Å². The first kappa shape index (κ1) is 20.0. The number of benzene rings is 2. The van der Waals surface area contributed by atoms with Crippen molar-refractivity contribution < 1.29 is 13.9 Å². The average molecular weight is 441 g/mol. The molecule has 152 valence electrons. The normalized spacial score (nSPS) is 11.1. The van der Waals surface area contributed by atoms with Crippen LogP contribution in [0.4, 0.5) is 4.39 Å². The SMILES string of the molecule is COc1cc(/C=N\n2c(-c3cccs3)n[nH]c2=S)ccc1OCc1ccccc1F. The van der Waals surface area contributed by atoms with Gasteiger partial charge in [-0.15, -0.1) is 11.3 Å². The van der Waals surface area contributed by atoms with E-state index < -0.39 is 0 Å². The Kier molecular flexibility index (Phi) is 6.01. The molecule has 1 N–H and O–H groups in total. The minimum atomic E-state index is -0.307. The molecule has 4 aromatic rings. The van der Waals surface area contributed by atoms with Crippen molar-refractivity contribution in [2.75, 3.05) is 7.11 Å². The smallest absolute Gasteiger partial charge is 0.216 e. The van der Waals surface area contributed by atoms with Crippen LogP contribution in [0.15, 0.2) is 65.1 Å². The number of H-pyrrole nitrogens is 1. The Morgan fingerprint density at radius 3 is 2.83 bits per heavy atom. The van der Waals surface area contributed by atoms with Crippen molar-refractivity contribution in [1.82, 2.24) is 14.9 Å². The zero-order valence-electron chi connectivity index (χ0n) is 15.9. The van der Waals surface area contributed by atoms with Crippen molar-refractivity contribution in [2.24, 2.45) is 5.10 Å². The molecule has 0 unspecified atom stereocenters. The Bertz CT molecular complexity index is 1230. The number of nitrogens with zero attached hydrogens (tertiary/aromatic N) is 3. The Balaban J connectivity index is 1.55. The molecule has 0 saturated carbocycles. The van der Waals surface area contributed by atoms with Crippen molar-refractivity contribution in [1.29, 1.82) is 0 Å². The first-order valence-electron chi connectivity index (χ1n) is 8.95. The van der Waals surface area contributed by atoms with Crippen LogP contribution in [0.25, 0.3) is 10.7 Å². The van der Waals surface area contributed by atoms with Gasteiger partial charge in [0, 0.05) is 5.56 Å². The van der Waals surface area contributed by atoms with Gasteiger partial charge in [0.1, 0.15) is 12.4 Å². The van der Waals surface area contributed by atoms with E-state index in [2.05, 4.69) is 15.3 Å². The summed E-state index contributed by atoms with van der Waals surface area (Å²) >= 11 is 6.83. The van der Waals surface area contributed by atoms with Gasteiger partial charge >= 0.3 is 0 Å². The summed E-state index contributed by atoms with van der Waals surface area (Å²) in [5.41, 5.74) is 1.26. The molecule has 2 aromatic carbocycles. The van der Waals surface area contributed by atoms with Gasteiger partial charge in [0.15, 0.2) is 17.3 Å². The minimum absolute atomic E-state index is 0.102. The monoisotopic (exact) mass is 440 g/mol. The molecule has 0 atom stereocenters. The number of rotatable bonds is 7. The number of aromatic nitrogens is 3. The summed E-state index contributed by atoms with van der Waals surface area (Å²) in [4.78, 5) is 0.953. The predicted molar refractivity (Wildman–Crippen MR) is 117 cm³/mol. The van der Waals surface area contributed by atoms with E-state index in [-0.39, 0.29) is 12.4 Å². The van der Waals surface area contributed by atoms with Crippen molar-refractivity contribution in [3.05, 3.63) is 81.7 Å². The molecule has 0 aliphatic carbocycles. The molecule has 2 heterocycles. The minimum Gasteiger partial charge on any atom is -0.493 e. The standard InChI is InChI=1S/C21H17FN4O2S2/c1-27-18-11-14(8-9-17(18)28-13-15-5-2-3-6-16(15)22)12-23-26-20(24-25-21(26)29)19-7-4-10-30-19/h2-12H,13H2,1H3,(H,25,29)/b23-12-. The van der Waals surface area contributed by atoms with Gasteiger partial charge in [0.25, 0.3) is 0 Å². The number of ether oxygens (including phenoxy) is 2. The summed E-state index contributed by atoms with van der Waals surface area (Å²) in [6, 6.07) is 15.8. The Labute approximate surface area is 181 Å². The maximum atomic E-state index is 13.8. The molecule has 0 radical (unpaired) electrons. The van der Waals surface area contributed by atoms with E-state index in [4.69, 9.17) is 21.7 Å². The van der Waals surface area contributed by atoms with Gasteiger partial charge in [-0.2, -0.15) is 14.9 Å². The van der Waals surface area contributed by atoms with Crippen molar-refractivity contribution in [3.63, 3.8) is 0 Å². The molecule has 2 aromatic heterocycles. The van der Waals surface area contributed by atoms with E-state index in [1.807, 2.05) is 23.6 Å². The number of halogens is 1. The third-order valence-electron chi connectivity index (χ3n) is 4.24. The highest BCUT2D eigenvalue weighted by atomic mass is 32.1. The van der Waals surface area contributed by atoms with Crippen LogP contribution in [0.2, 0.25) is 0 Å². The molecule has 0 aliphatic heterocycles. The highest BCUT2D eigenvalue weighted by Crippen LogP contribution is 2.29.